The Labute approximate surface area is 127 Å². The first kappa shape index (κ1) is 15.1. The first-order valence-corrected chi connectivity index (χ1v) is 6.75. The topological polar surface area (TPSA) is 82.5 Å². The smallest absolute Gasteiger partial charge is 0.228 e. The van der Waals surface area contributed by atoms with Crippen molar-refractivity contribution in [1.29, 1.82) is 0 Å². The standard InChI is InChI=1S/C15H15ClN2O3/c1-8(2)15(21)18-14-4-3-9(7-17-14)10-5-12(19)13(20)6-11(10)16/h3-8,19-20H,1-2H3,(H,17,18,21). The van der Waals surface area contributed by atoms with Gasteiger partial charge in [0, 0.05) is 29.3 Å². The summed E-state index contributed by atoms with van der Waals surface area (Å²) < 4.78 is 0. The summed E-state index contributed by atoms with van der Waals surface area (Å²) in [5.41, 5.74) is 1.21. The van der Waals surface area contributed by atoms with Crippen LogP contribution in [-0.4, -0.2) is 21.1 Å². The van der Waals surface area contributed by atoms with E-state index in [0.29, 0.717) is 22.0 Å². The third-order valence-corrected chi connectivity index (χ3v) is 3.23. The van der Waals surface area contributed by atoms with Crippen LogP contribution in [0.4, 0.5) is 5.82 Å². The molecule has 6 heteroatoms. The van der Waals surface area contributed by atoms with Gasteiger partial charge in [-0.3, -0.25) is 4.79 Å². The number of anilines is 1. The fourth-order valence-corrected chi connectivity index (χ4v) is 1.94. The highest BCUT2D eigenvalue weighted by molar-refractivity contribution is 6.33. The molecule has 2 rings (SSSR count). The summed E-state index contributed by atoms with van der Waals surface area (Å²) in [6, 6.07) is 6.00. The van der Waals surface area contributed by atoms with E-state index in [-0.39, 0.29) is 23.3 Å². The van der Waals surface area contributed by atoms with Crippen LogP contribution in [0.25, 0.3) is 11.1 Å². The molecular weight excluding hydrogens is 292 g/mol. The Morgan fingerprint density at radius 2 is 1.90 bits per heavy atom. The summed E-state index contributed by atoms with van der Waals surface area (Å²) in [6.07, 6.45) is 1.54. The van der Waals surface area contributed by atoms with Crippen LogP contribution in [0, 0.1) is 5.92 Å². The van der Waals surface area contributed by atoms with Crippen molar-refractivity contribution in [3.05, 3.63) is 35.5 Å². The molecule has 0 aliphatic heterocycles. The summed E-state index contributed by atoms with van der Waals surface area (Å²) in [5.74, 6) is -0.341. The Morgan fingerprint density at radius 3 is 2.48 bits per heavy atom. The predicted molar refractivity (Wildman–Crippen MR) is 81.5 cm³/mol. The molecule has 5 nitrogen and oxygen atoms in total. The maximum atomic E-state index is 11.6. The fraction of sp³-hybridized carbons (Fsp3) is 0.200. The zero-order valence-electron chi connectivity index (χ0n) is 11.6. The van der Waals surface area contributed by atoms with Crippen LogP contribution < -0.4 is 5.32 Å². The van der Waals surface area contributed by atoms with Crippen molar-refractivity contribution in [2.45, 2.75) is 13.8 Å². The highest BCUT2D eigenvalue weighted by Crippen LogP contribution is 2.36. The average Bonchev–Trinajstić information content (AvgIpc) is 2.44. The molecule has 0 saturated carbocycles. The minimum Gasteiger partial charge on any atom is -0.504 e. The van der Waals surface area contributed by atoms with Crippen molar-refractivity contribution in [3.63, 3.8) is 0 Å². The number of hydrogen-bond donors (Lipinski definition) is 3. The summed E-state index contributed by atoms with van der Waals surface area (Å²) >= 11 is 6.03. The van der Waals surface area contributed by atoms with Crippen molar-refractivity contribution in [2.24, 2.45) is 5.92 Å². The number of halogens is 1. The van der Waals surface area contributed by atoms with E-state index in [9.17, 15) is 15.0 Å². The third kappa shape index (κ3) is 3.44. The minimum atomic E-state index is -0.280. The van der Waals surface area contributed by atoms with E-state index < -0.39 is 0 Å². The van der Waals surface area contributed by atoms with Crippen LogP contribution in [0.2, 0.25) is 5.02 Å². The first-order chi connectivity index (χ1) is 9.88. The van der Waals surface area contributed by atoms with Gasteiger partial charge in [0.2, 0.25) is 5.91 Å². The van der Waals surface area contributed by atoms with Crippen LogP contribution >= 0.6 is 11.6 Å². The molecule has 1 amide bonds. The maximum absolute atomic E-state index is 11.6. The summed E-state index contributed by atoms with van der Waals surface area (Å²) in [4.78, 5) is 15.7. The van der Waals surface area contributed by atoms with Gasteiger partial charge in [-0.1, -0.05) is 25.4 Å². The molecule has 0 fully saturated rings. The van der Waals surface area contributed by atoms with Crippen LogP contribution in [0.1, 0.15) is 13.8 Å². The second kappa shape index (κ2) is 6.01. The van der Waals surface area contributed by atoms with Gasteiger partial charge in [0.15, 0.2) is 11.5 Å². The Hall–Kier alpha value is -2.27. The molecule has 1 aromatic heterocycles. The zero-order valence-corrected chi connectivity index (χ0v) is 12.3. The number of carbonyl (C=O) groups is 1. The lowest BCUT2D eigenvalue weighted by Gasteiger charge is -2.09. The number of pyridine rings is 1. The van der Waals surface area contributed by atoms with Gasteiger partial charge in [-0.25, -0.2) is 4.98 Å². The van der Waals surface area contributed by atoms with Crippen LogP contribution in [-0.2, 0) is 4.79 Å². The first-order valence-electron chi connectivity index (χ1n) is 6.37. The Bertz CT molecular complexity index is 669. The highest BCUT2D eigenvalue weighted by Gasteiger charge is 2.11. The van der Waals surface area contributed by atoms with Gasteiger partial charge in [0.25, 0.3) is 0 Å². The molecule has 0 aliphatic carbocycles. The molecule has 0 saturated heterocycles. The van der Waals surface area contributed by atoms with Crippen molar-refractivity contribution < 1.29 is 15.0 Å². The van der Waals surface area contributed by atoms with Gasteiger partial charge in [-0.05, 0) is 18.2 Å². The van der Waals surface area contributed by atoms with Gasteiger partial charge in [0.1, 0.15) is 5.82 Å². The van der Waals surface area contributed by atoms with E-state index in [2.05, 4.69) is 10.3 Å². The van der Waals surface area contributed by atoms with E-state index in [0.717, 1.165) is 0 Å². The monoisotopic (exact) mass is 306 g/mol. The Balaban J connectivity index is 2.27. The summed E-state index contributed by atoms with van der Waals surface area (Å²) in [7, 11) is 0. The number of amides is 1. The van der Waals surface area contributed by atoms with Crippen LogP contribution in [0.3, 0.4) is 0 Å². The van der Waals surface area contributed by atoms with Crippen molar-refractivity contribution in [1.82, 2.24) is 4.98 Å². The van der Waals surface area contributed by atoms with Gasteiger partial charge in [-0.15, -0.1) is 0 Å². The molecule has 3 N–H and O–H groups in total. The van der Waals surface area contributed by atoms with E-state index >= 15 is 0 Å². The number of nitrogens with one attached hydrogen (secondary N) is 1. The molecule has 0 bridgehead atoms. The molecule has 0 unspecified atom stereocenters. The average molecular weight is 307 g/mol. The predicted octanol–water partition coefficient (Wildman–Crippen LogP) is 3.41. The zero-order chi connectivity index (χ0) is 15.6. The van der Waals surface area contributed by atoms with E-state index in [1.54, 1.807) is 26.0 Å². The molecule has 0 atom stereocenters. The SMILES string of the molecule is CC(C)C(=O)Nc1ccc(-c2cc(O)c(O)cc2Cl)cn1. The molecule has 0 radical (unpaired) electrons. The van der Waals surface area contributed by atoms with Crippen molar-refractivity contribution >= 4 is 23.3 Å². The second-order valence-electron chi connectivity index (χ2n) is 4.90. The molecule has 1 aromatic carbocycles. The van der Waals surface area contributed by atoms with Crippen LogP contribution in [0.5, 0.6) is 11.5 Å². The Kier molecular flexibility index (Phi) is 4.33. The van der Waals surface area contributed by atoms with Gasteiger partial charge in [0.05, 0.1) is 5.02 Å². The number of hydrogen-bond acceptors (Lipinski definition) is 4. The molecule has 0 spiro atoms. The van der Waals surface area contributed by atoms with Gasteiger partial charge < -0.3 is 15.5 Å². The lowest BCUT2D eigenvalue weighted by Crippen LogP contribution is -2.18. The van der Waals surface area contributed by atoms with Gasteiger partial charge >= 0.3 is 0 Å². The number of rotatable bonds is 3. The van der Waals surface area contributed by atoms with Crippen molar-refractivity contribution in [3.8, 4) is 22.6 Å². The molecular formula is C15H15ClN2O3. The molecule has 1 heterocycles. The number of aromatic hydroxyl groups is 2. The van der Waals surface area contributed by atoms with Gasteiger partial charge in [-0.2, -0.15) is 0 Å². The lowest BCUT2D eigenvalue weighted by molar-refractivity contribution is -0.118. The number of phenols is 2. The van der Waals surface area contributed by atoms with E-state index in [1.807, 2.05) is 0 Å². The maximum Gasteiger partial charge on any atom is 0.228 e. The normalized spacial score (nSPS) is 10.7. The molecule has 0 aliphatic rings. The minimum absolute atomic E-state index is 0.115. The second-order valence-corrected chi connectivity index (χ2v) is 5.30. The number of nitrogens with zero attached hydrogens (tertiary/aromatic N) is 1. The summed E-state index contributed by atoms with van der Waals surface area (Å²) in [5, 5.41) is 21.9. The lowest BCUT2D eigenvalue weighted by atomic mass is 10.1. The quantitative estimate of drug-likeness (QED) is 0.759. The number of carbonyl (C=O) groups excluding carboxylic acids is 1. The summed E-state index contributed by atoms with van der Waals surface area (Å²) in [6.45, 7) is 3.59. The largest absolute Gasteiger partial charge is 0.504 e. The number of phenolic OH excluding ortho intramolecular Hbond substituents is 2. The molecule has 110 valence electrons. The number of aromatic nitrogens is 1. The van der Waals surface area contributed by atoms with Crippen LogP contribution in [0.15, 0.2) is 30.5 Å². The van der Waals surface area contributed by atoms with E-state index in [1.165, 1.54) is 18.3 Å². The molecule has 2 aromatic rings. The Morgan fingerprint density at radius 1 is 1.24 bits per heavy atom. The van der Waals surface area contributed by atoms with Crippen molar-refractivity contribution in [2.75, 3.05) is 5.32 Å². The highest BCUT2D eigenvalue weighted by atomic mass is 35.5. The third-order valence-electron chi connectivity index (χ3n) is 2.91. The fourth-order valence-electron chi connectivity index (χ4n) is 1.67. The van der Waals surface area contributed by atoms with E-state index in [4.69, 9.17) is 11.6 Å². The number of benzene rings is 1. The molecule has 21 heavy (non-hydrogen) atoms.